The molecule has 2 aromatic carbocycles. The summed E-state index contributed by atoms with van der Waals surface area (Å²) in [5.74, 6) is -0.288. The zero-order valence-corrected chi connectivity index (χ0v) is 20.7. The maximum Gasteiger partial charge on any atom is 0.163 e. The molecule has 0 bridgehead atoms. The van der Waals surface area contributed by atoms with Gasteiger partial charge in [0.05, 0.1) is 32.5 Å². The fourth-order valence-corrected chi connectivity index (χ4v) is 4.86. The van der Waals surface area contributed by atoms with Gasteiger partial charge in [-0.2, -0.15) is 0 Å². The SMILES string of the molecule is C.CC(=O)c1cnc2ccc(-c3cc(Cl)c(O)c(Cl)c3)nc2c1Nc1ccc(CN2CCCC2)cc1. The highest BCUT2D eigenvalue weighted by molar-refractivity contribution is 6.37. The predicted octanol–water partition coefficient (Wildman–Crippen LogP) is 7.49. The van der Waals surface area contributed by atoms with Crippen LogP contribution in [-0.2, 0) is 6.54 Å². The molecule has 3 heterocycles. The van der Waals surface area contributed by atoms with E-state index >= 15 is 0 Å². The van der Waals surface area contributed by atoms with Crippen molar-refractivity contribution in [2.75, 3.05) is 18.4 Å². The summed E-state index contributed by atoms with van der Waals surface area (Å²) in [6.45, 7) is 4.75. The van der Waals surface area contributed by atoms with Crippen LogP contribution in [0, 0.1) is 0 Å². The van der Waals surface area contributed by atoms with Crippen molar-refractivity contribution in [2.24, 2.45) is 0 Å². The molecule has 0 aliphatic carbocycles. The number of carbonyl (C=O) groups is 1. The van der Waals surface area contributed by atoms with Crippen molar-refractivity contribution < 1.29 is 9.90 Å². The largest absolute Gasteiger partial charge is 0.505 e. The van der Waals surface area contributed by atoms with Crippen molar-refractivity contribution in [3.63, 3.8) is 0 Å². The van der Waals surface area contributed by atoms with Gasteiger partial charge >= 0.3 is 0 Å². The predicted molar refractivity (Wildman–Crippen MR) is 148 cm³/mol. The van der Waals surface area contributed by atoms with Crippen LogP contribution < -0.4 is 5.32 Å². The van der Waals surface area contributed by atoms with Gasteiger partial charge in [-0.1, -0.05) is 42.8 Å². The Kier molecular flexibility index (Phi) is 7.79. The summed E-state index contributed by atoms with van der Waals surface area (Å²) in [5.41, 5.74) is 5.58. The number of fused-ring (bicyclic) bond motifs is 1. The van der Waals surface area contributed by atoms with Crippen molar-refractivity contribution in [3.8, 4) is 17.0 Å². The van der Waals surface area contributed by atoms with Crippen molar-refractivity contribution in [2.45, 2.75) is 33.7 Å². The Balaban J connectivity index is 0.00000304. The van der Waals surface area contributed by atoms with E-state index in [1.54, 1.807) is 24.4 Å². The monoisotopic (exact) mass is 522 g/mol. The van der Waals surface area contributed by atoms with E-state index in [9.17, 15) is 9.90 Å². The van der Waals surface area contributed by atoms with Gasteiger partial charge in [0.15, 0.2) is 11.5 Å². The minimum atomic E-state index is -0.172. The Labute approximate surface area is 220 Å². The van der Waals surface area contributed by atoms with Crippen molar-refractivity contribution in [3.05, 3.63) is 75.9 Å². The minimum absolute atomic E-state index is 0. The van der Waals surface area contributed by atoms with Crippen LogP contribution in [0.2, 0.25) is 10.0 Å². The lowest BCUT2D eigenvalue weighted by atomic mass is 10.1. The first-order valence-corrected chi connectivity index (χ1v) is 12.2. The molecule has 0 atom stereocenters. The van der Waals surface area contributed by atoms with E-state index < -0.39 is 0 Å². The molecule has 4 aromatic rings. The highest BCUT2D eigenvalue weighted by Gasteiger charge is 2.17. The molecule has 8 heteroatoms. The van der Waals surface area contributed by atoms with Crippen LogP contribution in [0.4, 0.5) is 11.4 Å². The van der Waals surface area contributed by atoms with Crippen LogP contribution in [0.5, 0.6) is 5.75 Å². The summed E-state index contributed by atoms with van der Waals surface area (Å²) >= 11 is 12.2. The van der Waals surface area contributed by atoms with E-state index in [1.807, 2.05) is 18.2 Å². The summed E-state index contributed by atoms with van der Waals surface area (Å²) in [4.78, 5) is 24.2. The minimum Gasteiger partial charge on any atom is -0.505 e. The molecule has 0 saturated carbocycles. The Bertz CT molecular complexity index is 1390. The van der Waals surface area contributed by atoms with Crippen molar-refractivity contribution in [1.82, 2.24) is 14.9 Å². The van der Waals surface area contributed by atoms with Gasteiger partial charge in [0.25, 0.3) is 0 Å². The van der Waals surface area contributed by atoms with Crippen molar-refractivity contribution >= 4 is 51.4 Å². The lowest BCUT2D eigenvalue weighted by Gasteiger charge is -2.16. The number of likely N-dealkylation sites (tertiary alicyclic amines) is 1. The third-order valence-electron chi connectivity index (χ3n) is 6.23. The normalized spacial score (nSPS) is 13.5. The summed E-state index contributed by atoms with van der Waals surface area (Å²) in [5, 5.41) is 13.6. The lowest BCUT2D eigenvalue weighted by molar-refractivity contribution is 0.101. The van der Waals surface area contributed by atoms with Gasteiger partial charge in [-0.05, 0) is 74.8 Å². The molecule has 2 aromatic heterocycles. The molecule has 0 amide bonds. The number of Topliss-reactive ketones (excluding diaryl/α,β-unsaturated/α-hetero) is 1. The molecule has 5 rings (SSSR count). The second kappa shape index (κ2) is 10.8. The van der Waals surface area contributed by atoms with Gasteiger partial charge < -0.3 is 10.4 Å². The van der Waals surface area contributed by atoms with E-state index in [-0.39, 0.29) is 29.0 Å². The van der Waals surface area contributed by atoms with Gasteiger partial charge in [-0.3, -0.25) is 14.7 Å². The molecule has 1 fully saturated rings. The number of carbonyl (C=O) groups excluding carboxylic acids is 1. The third kappa shape index (κ3) is 5.31. The number of anilines is 2. The van der Waals surface area contributed by atoms with E-state index in [2.05, 4.69) is 27.3 Å². The molecule has 0 unspecified atom stereocenters. The molecule has 1 aliphatic heterocycles. The van der Waals surface area contributed by atoms with E-state index in [0.29, 0.717) is 33.5 Å². The van der Waals surface area contributed by atoms with Crippen LogP contribution in [-0.4, -0.2) is 38.8 Å². The topological polar surface area (TPSA) is 78.3 Å². The van der Waals surface area contributed by atoms with Gasteiger partial charge in [0.1, 0.15) is 5.52 Å². The molecule has 0 spiro atoms. The van der Waals surface area contributed by atoms with Gasteiger partial charge in [-0.15, -0.1) is 0 Å². The zero-order chi connectivity index (χ0) is 24.5. The average molecular weight is 523 g/mol. The first-order chi connectivity index (χ1) is 16.9. The molecule has 1 saturated heterocycles. The number of phenolic OH excluding ortho intramolecular Hbond substituents is 1. The number of halogens is 2. The number of nitrogens with one attached hydrogen (secondary N) is 1. The van der Waals surface area contributed by atoms with Gasteiger partial charge in [-0.25, -0.2) is 4.98 Å². The van der Waals surface area contributed by atoms with E-state index in [1.165, 1.54) is 25.3 Å². The number of pyridine rings is 2. The lowest BCUT2D eigenvalue weighted by Crippen LogP contribution is -2.18. The second-order valence-electron chi connectivity index (χ2n) is 8.76. The fraction of sp³-hybridized carbons (Fsp3) is 0.250. The maximum atomic E-state index is 12.5. The maximum absolute atomic E-state index is 12.5. The quantitative estimate of drug-likeness (QED) is 0.255. The number of rotatable bonds is 6. The van der Waals surface area contributed by atoms with Gasteiger partial charge in [0.2, 0.25) is 0 Å². The third-order valence-corrected chi connectivity index (χ3v) is 6.81. The van der Waals surface area contributed by atoms with E-state index in [4.69, 9.17) is 28.2 Å². The standard InChI is InChI=1S/C27H24Cl2N4O2.CH4/c1-16(34)20-14-30-24-9-8-23(18-12-21(28)27(35)22(29)13-18)32-26(24)25(20)31-19-6-4-17(5-7-19)15-33-10-2-3-11-33;/h4-9,12-14,35H,2-3,10-11,15H2,1H3,(H,30,31);1H4. The summed E-state index contributed by atoms with van der Waals surface area (Å²) < 4.78 is 0. The highest BCUT2D eigenvalue weighted by Crippen LogP contribution is 2.37. The molecular formula is C28H28Cl2N4O2. The molecular weight excluding hydrogens is 495 g/mol. The summed E-state index contributed by atoms with van der Waals surface area (Å²) in [6.07, 6.45) is 4.10. The summed E-state index contributed by atoms with van der Waals surface area (Å²) in [6, 6.07) is 15.1. The first kappa shape index (κ1) is 25.9. The smallest absolute Gasteiger partial charge is 0.163 e. The summed E-state index contributed by atoms with van der Waals surface area (Å²) in [7, 11) is 0. The number of phenols is 1. The Hall–Kier alpha value is -3.19. The highest BCUT2D eigenvalue weighted by atomic mass is 35.5. The number of hydrogen-bond donors (Lipinski definition) is 2. The molecule has 6 nitrogen and oxygen atoms in total. The van der Waals surface area contributed by atoms with Crippen LogP contribution in [0.25, 0.3) is 22.3 Å². The van der Waals surface area contributed by atoms with Crippen LogP contribution in [0.3, 0.4) is 0 Å². The van der Waals surface area contributed by atoms with Gasteiger partial charge in [0, 0.05) is 24.0 Å². The van der Waals surface area contributed by atoms with E-state index in [0.717, 1.165) is 25.3 Å². The first-order valence-electron chi connectivity index (χ1n) is 11.5. The Morgan fingerprint density at radius 1 is 1.06 bits per heavy atom. The van der Waals surface area contributed by atoms with Crippen molar-refractivity contribution in [1.29, 1.82) is 0 Å². The molecule has 36 heavy (non-hydrogen) atoms. The zero-order valence-electron chi connectivity index (χ0n) is 19.2. The number of ketones is 1. The Morgan fingerprint density at radius 2 is 1.72 bits per heavy atom. The number of hydrogen-bond acceptors (Lipinski definition) is 6. The number of aromatic hydroxyl groups is 1. The Morgan fingerprint density at radius 3 is 2.36 bits per heavy atom. The molecule has 186 valence electrons. The van der Waals surface area contributed by atoms with Crippen LogP contribution >= 0.6 is 23.2 Å². The second-order valence-corrected chi connectivity index (χ2v) is 9.58. The average Bonchev–Trinajstić information content (AvgIpc) is 3.36. The van der Waals surface area contributed by atoms with Crippen LogP contribution in [0.15, 0.2) is 54.7 Å². The molecule has 0 radical (unpaired) electrons. The molecule has 1 aliphatic rings. The fourth-order valence-electron chi connectivity index (χ4n) is 4.37. The van der Waals surface area contributed by atoms with Crippen LogP contribution in [0.1, 0.15) is 43.1 Å². The number of nitrogens with zero attached hydrogens (tertiary/aromatic N) is 3. The number of aromatic nitrogens is 2. The number of benzene rings is 2. The molecule has 2 N–H and O–H groups in total.